The van der Waals surface area contributed by atoms with Crippen molar-refractivity contribution in [1.29, 1.82) is 0 Å². The fourth-order valence-electron chi connectivity index (χ4n) is 9.98. The van der Waals surface area contributed by atoms with Crippen LogP contribution in [0.3, 0.4) is 0 Å². The maximum Gasteiger partial charge on any atom is 0.256 e. The van der Waals surface area contributed by atoms with Gasteiger partial charge in [0.15, 0.2) is 17.0 Å². The molecule has 0 aromatic carbocycles. The van der Waals surface area contributed by atoms with E-state index >= 15 is 0 Å². The molecule has 12 nitrogen and oxygen atoms in total. The van der Waals surface area contributed by atoms with Crippen LogP contribution in [0, 0.1) is 29.1 Å². The Morgan fingerprint density at radius 2 is 1.31 bits per heavy atom. The average Bonchev–Trinajstić information content (AvgIpc) is 3.10. The molecule has 7 aliphatic rings. The van der Waals surface area contributed by atoms with E-state index in [4.69, 9.17) is 42.6 Å². The molecule has 0 amide bonds. The summed E-state index contributed by atoms with van der Waals surface area (Å²) in [5.41, 5.74) is -3.01. The number of Topliss-reactive ketones (excluding diaryl/α,β-unsaturated/α-hetero) is 3. The number of allylic oxidation sites excluding steroid dienone is 2. The van der Waals surface area contributed by atoms with Crippen LogP contribution in [-0.2, 0) is 57.0 Å². The van der Waals surface area contributed by atoms with Crippen LogP contribution in [0.25, 0.3) is 0 Å². The first-order valence-electron chi connectivity index (χ1n) is 15.9. The van der Waals surface area contributed by atoms with E-state index in [2.05, 4.69) is 13.2 Å². The Morgan fingerprint density at radius 3 is 1.79 bits per heavy atom. The number of rotatable bonds is 15. The number of ketones is 3. The molecule has 0 saturated heterocycles. The monoisotopic (exact) mass is 672 g/mol. The van der Waals surface area contributed by atoms with E-state index in [1.54, 1.807) is 24.3 Å². The Bertz CT molecular complexity index is 1460. The first-order chi connectivity index (χ1) is 22.9. The molecule has 48 heavy (non-hydrogen) atoms. The van der Waals surface area contributed by atoms with E-state index in [-0.39, 0.29) is 24.4 Å². The van der Waals surface area contributed by atoms with Crippen LogP contribution < -0.4 is 0 Å². The SMILES string of the molecule is C=CCC1=C[C@@]2(OC)C(=O)C(OC)(OC)[C@H]1C[C@@H]2CC1=C[C@]2(OC)C(=O)C(OC)(OC)[C@H]1[C@@H]1C(OC)(OC)C(=O)C(OC)=C[C@@]12CC=C. The van der Waals surface area contributed by atoms with Crippen LogP contribution in [0.15, 0.2) is 60.4 Å². The van der Waals surface area contributed by atoms with Crippen molar-refractivity contribution in [3.8, 4) is 0 Å². The summed E-state index contributed by atoms with van der Waals surface area (Å²) in [6, 6.07) is 0. The summed E-state index contributed by atoms with van der Waals surface area (Å²) in [4.78, 5) is 43.6. The normalized spacial score (nSPS) is 37.0. The van der Waals surface area contributed by atoms with Gasteiger partial charge in [0.1, 0.15) is 0 Å². The molecule has 0 N–H and O–H groups in total. The van der Waals surface area contributed by atoms with E-state index < -0.39 is 69.2 Å². The third kappa shape index (κ3) is 4.03. The molecular formula is C36H48O12. The molecule has 2 fully saturated rings. The highest BCUT2D eigenvalue weighted by Gasteiger charge is 2.82. The van der Waals surface area contributed by atoms with Crippen molar-refractivity contribution in [3.05, 3.63) is 60.4 Å². The van der Waals surface area contributed by atoms with Gasteiger partial charge in [0.2, 0.25) is 28.9 Å². The second-order valence-electron chi connectivity index (χ2n) is 13.0. The highest BCUT2D eigenvalue weighted by atomic mass is 16.7. The summed E-state index contributed by atoms with van der Waals surface area (Å²) in [7, 11) is 12.7. The quantitative estimate of drug-likeness (QED) is 0.187. The number of hydrogen-bond donors (Lipinski definition) is 0. The molecule has 0 heterocycles. The number of carbonyl (C=O) groups excluding carboxylic acids is 3. The lowest BCUT2D eigenvalue weighted by molar-refractivity contribution is -0.331. The van der Waals surface area contributed by atoms with Crippen molar-refractivity contribution in [1.82, 2.24) is 0 Å². The maximum absolute atomic E-state index is 14.9. The molecule has 7 atom stereocenters. The highest BCUT2D eigenvalue weighted by Crippen LogP contribution is 2.70. The number of hydrogen-bond acceptors (Lipinski definition) is 12. The fourth-order valence-corrected chi connectivity index (χ4v) is 9.98. The second kappa shape index (κ2) is 12.5. The van der Waals surface area contributed by atoms with Crippen LogP contribution in [0.4, 0.5) is 0 Å². The topological polar surface area (TPSA) is 134 Å². The third-order valence-corrected chi connectivity index (χ3v) is 11.9. The van der Waals surface area contributed by atoms with Crippen LogP contribution in [0.2, 0.25) is 0 Å². The van der Waals surface area contributed by atoms with E-state index in [1.165, 1.54) is 64.0 Å². The molecule has 0 unspecified atom stereocenters. The predicted octanol–water partition coefficient (Wildman–Crippen LogP) is 3.27. The van der Waals surface area contributed by atoms with Gasteiger partial charge in [0.05, 0.1) is 13.0 Å². The molecule has 264 valence electrons. The van der Waals surface area contributed by atoms with Gasteiger partial charge in [-0.05, 0) is 43.9 Å². The van der Waals surface area contributed by atoms with E-state index in [0.717, 1.165) is 5.57 Å². The molecular weight excluding hydrogens is 624 g/mol. The van der Waals surface area contributed by atoms with E-state index in [9.17, 15) is 14.4 Å². The molecule has 0 spiro atoms. The summed E-state index contributed by atoms with van der Waals surface area (Å²) in [6.07, 6.45) is 10.0. The number of ether oxygens (including phenoxy) is 9. The lowest BCUT2D eigenvalue weighted by atomic mass is 9.41. The number of methoxy groups -OCH3 is 9. The fraction of sp³-hybridized carbons (Fsp3) is 0.639. The van der Waals surface area contributed by atoms with E-state index in [1.807, 2.05) is 6.08 Å². The third-order valence-electron chi connectivity index (χ3n) is 11.9. The molecule has 4 bridgehead atoms. The summed E-state index contributed by atoms with van der Waals surface area (Å²) in [5, 5.41) is 0. The lowest BCUT2D eigenvalue weighted by Crippen LogP contribution is -2.81. The first-order valence-corrected chi connectivity index (χ1v) is 15.9. The minimum atomic E-state index is -1.97. The van der Waals surface area contributed by atoms with Gasteiger partial charge >= 0.3 is 0 Å². The Balaban J connectivity index is 1.81. The van der Waals surface area contributed by atoms with Crippen LogP contribution in [0.5, 0.6) is 0 Å². The van der Waals surface area contributed by atoms with Crippen molar-refractivity contribution in [2.24, 2.45) is 29.1 Å². The molecule has 12 heteroatoms. The van der Waals surface area contributed by atoms with Gasteiger partial charge in [-0.1, -0.05) is 23.3 Å². The predicted molar refractivity (Wildman–Crippen MR) is 171 cm³/mol. The van der Waals surface area contributed by atoms with Gasteiger partial charge in [-0.2, -0.15) is 0 Å². The zero-order chi connectivity index (χ0) is 35.5. The Hall–Kier alpha value is -2.81. The Labute approximate surface area is 282 Å². The lowest BCUT2D eigenvalue weighted by Gasteiger charge is -2.68. The molecule has 0 aromatic rings. The minimum Gasteiger partial charge on any atom is -0.493 e. The second-order valence-corrected chi connectivity index (χ2v) is 13.0. The molecule has 0 radical (unpaired) electrons. The molecule has 0 aromatic heterocycles. The Morgan fingerprint density at radius 1 is 0.708 bits per heavy atom. The van der Waals surface area contributed by atoms with Crippen LogP contribution in [0.1, 0.15) is 25.7 Å². The van der Waals surface area contributed by atoms with Gasteiger partial charge in [-0.25, -0.2) is 0 Å². The highest BCUT2D eigenvalue weighted by molar-refractivity contribution is 6.06. The summed E-state index contributed by atoms with van der Waals surface area (Å²) < 4.78 is 54.0. The summed E-state index contributed by atoms with van der Waals surface area (Å²) >= 11 is 0. The largest absolute Gasteiger partial charge is 0.493 e. The van der Waals surface area contributed by atoms with Gasteiger partial charge in [0, 0.05) is 80.0 Å². The molecule has 0 aliphatic heterocycles. The summed E-state index contributed by atoms with van der Waals surface area (Å²) in [5.74, 6) is -9.85. The van der Waals surface area contributed by atoms with Crippen molar-refractivity contribution in [2.75, 3.05) is 64.0 Å². The smallest absolute Gasteiger partial charge is 0.256 e. The number of carbonyl (C=O) groups is 3. The van der Waals surface area contributed by atoms with Gasteiger partial charge < -0.3 is 42.6 Å². The van der Waals surface area contributed by atoms with Crippen molar-refractivity contribution >= 4 is 17.3 Å². The molecule has 2 saturated carbocycles. The van der Waals surface area contributed by atoms with Crippen molar-refractivity contribution in [3.63, 3.8) is 0 Å². The zero-order valence-corrected chi connectivity index (χ0v) is 29.3. The van der Waals surface area contributed by atoms with Crippen LogP contribution in [-0.4, -0.2) is 110 Å². The minimum absolute atomic E-state index is 0.0483. The zero-order valence-electron chi connectivity index (χ0n) is 29.3. The maximum atomic E-state index is 14.9. The van der Waals surface area contributed by atoms with Gasteiger partial charge in [0.25, 0.3) is 5.78 Å². The molecule has 7 rings (SSSR count). The number of fused-ring (bicyclic) bond motifs is 3. The summed E-state index contributed by atoms with van der Waals surface area (Å²) in [6.45, 7) is 7.91. The standard InChI is InChI=1S/C36H48O12/c1-12-14-21-18-32(41-4)23(17-24(21)34(43-6,44-7)29(32)38)16-22-19-33(42-5)30(39)35(45-8,46-9)26(22)27-31(33,15-13-2)20-25(40-3)28(37)36(27,47-10)48-11/h12-13,18-20,23-24,26-27H,1-2,14-17H2,3-11H3/t23-,24-,26+,27-,31-,32-,33-/m0/s1. The van der Waals surface area contributed by atoms with E-state index in [0.29, 0.717) is 18.4 Å². The average molecular weight is 673 g/mol. The Kier molecular flexibility index (Phi) is 9.50. The van der Waals surface area contributed by atoms with Crippen molar-refractivity contribution in [2.45, 2.75) is 54.2 Å². The first kappa shape index (κ1) is 36.5. The van der Waals surface area contributed by atoms with Crippen molar-refractivity contribution < 1.29 is 57.0 Å². The van der Waals surface area contributed by atoms with Crippen LogP contribution >= 0.6 is 0 Å². The molecule has 7 aliphatic carbocycles. The van der Waals surface area contributed by atoms with Gasteiger partial charge in [-0.3, -0.25) is 14.4 Å². The van der Waals surface area contributed by atoms with Gasteiger partial charge in [-0.15, -0.1) is 13.2 Å².